The SMILES string of the molecule is CSc1cc(-c2ccccn2)nc(N)n1. The predicted molar refractivity (Wildman–Crippen MR) is 61.5 cm³/mol. The molecule has 0 saturated heterocycles. The zero-order chi connectivity index (χ0) is 10.7. The lowest BCUT2D eigenvalue weighted by atomic mass is 10.3. The van der Waals surface area contributed by atoms with Gasteiger partial charge in [-0.1, -0.05) is 6.07 Å². The van der Waals surface area contributed by atoms with Crippen molar-refractivity contribution in [2.24, 2.45) is 0 Å². The van der Waals surface area contributed by atoms with Crippen molar-refractivity contribution in [1.82, 2.24) is 15.0 Å². The molecule has 15 heavy (non-hydrogen) atoms. The second kappa shape index (κ2) is 4.27. The highest BCUT2D eigenvalue weighted by Crippen LogP contribution is 2.20. The van der Waals surface area contributed by atoms with Gasteiger partial charge in [-0.15, -0.1) is 11.8 Å². The minimum absolute atomic E-state index is 0.280. The van der Waals surface area contributed by atoms with Crippen LogP contribution in [0.5, 0.6) is 0 Å². The van der Waals surface area contributed by atoms with Crippen LogP contribution in [0.25, 0.3) is 11.4 Å². The molecule has 2 aromatic rings. The molecule has 0 aliphatic carbocycles. The van der Waals surface area contributed by atoms with Crippen LogP contribution in [0.3, 0.4) is 0 Å². The summed E-state index contributed by atoms with van der Waals surface area (Å²) in [6.45, 7) is 0. The average molecular weight is 218 g/mol. The minimum atomic E-state index is 0.280. The molecule has 2 rings (SSSR count). The lowest BCUT2D eigenvalue weighted by Gasteiger charge is -2.02. The van der Waals surface area contributed by atoms with Crippen LogP contribution < -0.4 is 5.73 Å². The molecule has 0 atom stereocenters. The first-order chi connectivity index (χ1) is 7.29. The monoisotopic (exact) mass is 218 g/mol. The van der Waals surface area contributed by atoms with E-state index in [4.69, 9.17) is 5.73 Å². The number of nitrogens with two attached hydrogens (primary N) is 1. The van der Waals surface area contributed by atoms with Crippen molar-refractivity contribution in [3.05, 3.63) is 30.5 Å². The quantitative estimate of drug-likeness (QED) is 0.615. The highest BCUT2D eigenvalue weighted by atomic mass is 32.2. The van der Waals surface area contributed by atoms with Crippen molar-refractivity contribution in [1.29, 1.82) is 0 Å². The Morgan fingerprint density at radius 2 is 2.07 bits per heavy atom. The highest BCUT2D eigenvalue weighted by Gasteiger charge is 2.04. The summed E-state index contributed by atoms with van der Waals surface area (Å²) in [4.78, 5) is 12.4. The number of thioether (sulfide) groups is 1. The molecular formula is C10H10N4S. The Hall–Kier alpha value is -1.62. The minimum Gasteiger partial charge on any atom is -0.368 e. The molecule has 0 spiro atoms. The van der Waals surface area contributed by atoms with E-state index in [1.54, 1.807) is 6.20 Å². The fourth-order valence-electron chi connectivity index (χ4n) is 1.19. The van der Waals surface area contributed by atoms with Crippen LogP contribution in [0.15, 0.2) is 35.5 Å². The van der Waals surface area contributed by atoms with Gasteiger partial charge in [-0.25, -0.2) is 9.97 Å². The Labute approximate surface area is 92.0 Å². The maximum absolute atomic E-state index is 5.61. The molecule has 0 bridgehead atoms. The Kier molecular flexibility index (Phi) is 2.82. The molecule has 76 valence electrons. The number of anilines is 1. The molecule has 0 unspecified atom stereocenters. The van der Waals surface area contributed by atoms with Crippen molar-refractivity contribution in [2.45, 2.75) is 5.03 Å². The van der Waals surface area contributed by atoms with E-state index in [-0.39, 0.29) is 5.95 Å². The largest absolute Gasteiger partial charge is 0.368 e. The highest BCUT2D eigenvalue weighted by molar-refractivity contribution is 7.98. The van der Waals surface area contributed by atoms with Gasteiger partial charge in [0.2, 0.25) is 5.95 Å². The van der Waals surface area contributed by atoms with Crippen LogP contribution in [0.1, 0.15) is 0 Å². The molecule has 2 N–H and O–H groups in total. The Morgan fingerprint density at radius 3 is 2.73 bits per heavy atom. The van der Waals surface area contributed by atoms with Crippen molar-refractivity contribution >= 4 is 17.7 Å². The van der Waals surface area contributed by atoms with E-state index >= 15 is 0 Å². The molecule has 0 saturated carbocycles. The number of hydrogen-bond donors (Lipinski definition) is 1. The summed E-state index contributed by atoms with van der Waals surface area (Å²) in [7, 11) is 0. The molecule has 2 aromatic heterocycles. The number of hydrogen-bond acceptors (Lipinski definition) is 5. The van der Waals surface area contributed by atoms with Gasteiger partial charge in [0.15, 0.2) is 0 Å². The van der Waals surface area contributed by atoms with Gasteiger partial charge in [-0.2, -0.15) is 0 Å². The van der Waals surface area contributed by atoms with E-state index in [9.17, 15) is 0 Å². The maximum atomic E-state index is 5.61. The fraction of sp³-hybridized carbons (Fsp3) is 0.100. The maximum Gasteiger partial charge on any atom is 0.221 e. The predicted octanol–water partition coefficient (Wildman–Crippen LogP) is 1.84. The van der Waals surface area contributed by atoms with Crippen LogP contribution in [0.4, 0.5) is 5.95 Å². The van der Waals surface area contributed by atoms with Gasteiger partial charge in [-0.05, 0) is 24.5 Å². The summed E-state index contributed by atoms with van der Waals surface area (Å²) in [5.41, 5.74) is 7.17. The molecule has 0 amide bonds. The summed E-state index contributed by atoms with van der Waals surface area (Å²) in [5, 5.41) is 0.850. The Balaban J connectivity index is 2.49. The molecule has 4 nitrogen and oxygen atoms in total. The molecule has 2 heterocycles. The van der Waals surface area contributed by atoms with E-state index in [1.165, 1.54) is 11.8 Å². The van der Waals surface area contributed by atoms with Crippen molar-refractivity contribution in [2.75, 3.05) is 12.0 Å². The average Bonchev–Trinajstić information content (AvgIpc) is 2.29. The van der Waals surface area contributed by atoms with Crippen LogP contribution in [-0.4, -0.2) is 21.2 Å². The van der Waals surface area contributed by atoms with Gasteiger partial charge in [0, 0.05) is 6.20 Å². The number of nitrogens with zero attached hydrogens (tertiary/aromatic N) is 3. The van der Waals surface area contributed by atoms with Gasteiger partial charge in [0.05, 0.1) is 11.4 Å². The molecule has 0 aliphatic rings. The Morgan fingerprint density at radius 1 is 1.20 bits per heavy atom. The van der Waals surface area contributed by atoms with Gasteiger partial charge in [0.25, 0.3) is 0 Å². The number of nitrogen functional groups attached to an aromatic ring is 1. The van der Waals surface area contributed by atoms with E-state index in [1.807, 2.05) is 30.5 Å². The number of rotatable bonds is 2. The first kappa shape index (κ1) is 9.92. The third kappa shape index (κ3) is 2.24. The normalized spacial score (nSPS) is 10.2. The second-order valence-electron chi connectivity index (χ2n) is 2.87. The zero-order valence-corrected chi connectivity index (χ0v) is 9.03. The molecular weight excluding hydrogens is 208 g/mol. The third-order valence-corrected chi connectivity index (χ3v) is 2.48. The van der Waals surface area contributed by atoms with Gasteiger partial charge < -0.3 is 5.73 Å². The molecule has 0 fully saturated rings. The third-order valence-electron chi connectivity index (χ3n) is 1.86. The van der Waals surface area contributed by atoms with Crippen molar-refractivity contribution < 1.29 is 0 Å². The Bertz CT molecular complexity index is 458. The lowest BCUT2D eigenvalue weighted by molar-refractivity contribution is 1.06. The van der Waals surface area contributed by atoms with Crippen molar-refractivity contribution in [3.8, 4) is 11.4 Å². The zero-order valence-electron chi connectivity index (χ0n) is 8.21. The topological polar surface area (TPSA) is 64.7 Å². The second-order valence-corrected chi connectivity index (χ2v) is 3.70. The van der Waals surface area contributed by atoms with E-state index in [2.05, 4.69) is 15.0 Å². The summed E-state index contributed by atoms with van der Waals surface area (Å²) < 4.78 is 0. The van der Waals surface area contributed by atoms with Crippen LogP contribution >= 0.6 is 11.8 Å². The number of aromatic nitrogens is 3. The molecule has 0 radical (unpaired) electrons. The van der Waals surface area contributed by atoms with Crippen LogP contribution in [0, 0.1) is 0 Å². The molecule has 0 aliphatic heterocycles. The van der Waals surface area contributed by atoms with E-state index < -0.39 is 0 Å². The molecule has 5 heteroatoms. The summed E-state index contributed by atoms with van der Waals surface area (Å²) in [6.07, 6.45) is 3.68. The smallest absolute Gasteiger partial charge is 0.221 e. The van der Waals surface area contributed by atoms with Crippen LogP contribution in [0.2, 0.25) is 0 Å². The standard InChI is InChI=1S/C10H10N4S/c1-15-9-6-8(13-10(11)14-9)7-4-2-3-5-12-7/h2-6H,1H3,(H2,11,13,14). The summed E-state index contributed by atoms with van der Waals surface area (Å²) in [6, 6.07) is 7.55. The first-order valence-electron chi connectivity index (χ1n) is 4.39. The molecule has 0 aromatic carbocycles. The summed E-state index contributed by atoms with van der Waals surface area (Å²) in [5.74, 6) is 0.280. The number of pyridine rings is 1. The van der Waals surface area contributed by atoms with E-state index in [0.29, 0.717) is 0 Å². The first-order valence-corrected chi connectivity index (χ1v) is 5.62. The van der Waals surface area contributed by atoms with Crippen molar-refractivity contribution in [3.63, 3.8) is 0 Å². The summed E-state index contributed by atoms with van der Waals surface area (Å²) >= 11 is 1.53. The van der Waals surface area contributed by atoms with Crippen LogP contribution in [-0.2, 0) is 0 Å². The van der Waals surface area contributed by atoms with Gasteiger partial charge in [-0.3, -0.25) is 4.98 Å². The van der Waals surface area contributed by atoms with Gasteiger partial charge >= 0.3 is 0 Å². The van der Waals surface area contributed by atoms with E-state index in [0.717, 1.165) is 16.4 Å². The van der Waals surface area contributed by atoms with Gasteiger partial charge in [0.1, 0.15) is 5.03 Å². The lowest BCUT2D eigenvalue weighted by Crippen LogP contribution is -1.98. The fourth-order valence-corrected chi connectivity index (χ4v) is 1.61.